The number of unbranched alkanes of at least 4 members (excludes halogenated alkanes) is 5. The van der Waals surface area contributed by atoms with Gasteiger partial charge in [-0.2, -0.15) is 0 Å². The predicted octanol–water partition coefficient (Wildman–Crippen LogP) is 1.55. The van der Waals surface area contributed by atoms with E-state index in [1.165, 1.54) is 25.7 Å². The molecule has 6 nitrogen and oxygen atoms in total. The number of rotatable bonds is 12. The first-order valence-electron chi connectivity index (χ1n) is 8.35. The molecular formula is C16H29NO5. The fourth-order valence-electron chi connectivity index (χ4n) is 2.32. The number of aliphatic hydroxyl groups is 1. The van der Waals surface area contributed by atoms with Crippen molar-refractivity contribution in [3.63, 3.8) is 0 Å². The van der Waals surface area contributed by atoms with Crippen LogP contribution >= 0.6 is 0 Å². The van der Waals surface area contributed by atoms with E-state index in [1.807, 2.05) is 0 Å². The highest BCUT2D eigenvalue weighted by atomic mass is 16.5. The molecule has 1 amide bonds. The van der Waals surface area contributed by atoms with Crippen LogP contribution in [0.3, 0.4) is 0 Å². The Morgan fingerprint density at radius 1 is 1.27 bits per heavy atom. The van der Waals surface area contributed by atoms with Crippen LogP contribution in [0.1, 0.15) is 58.3 Å². The molecule has 0 aromatic carbocycles. The number of aliphatic hydroxyl groups excluding tert-OH is 1. The van der Waals surface area contributed by atoms with E-state index in [9.17, 15) is 14.7 Å². The van der Waals surface area contributed by atoms with E-state index < -0.39 is 18.1 Å². The van der Waals surface area contributed by atoms with Crippen LogP contribution in [0.2, 0.25) is 0 Å². The van der Waals surface area contributed by atoms with Crippen LogP contribution in [0.4, 0.5) is 0 Å². The van der Waals surface area contributed by atoms with Gasteiger partial charge in [0.15, 0.2) is 0 Å². The minimum Gasteiger partial charge on any atom is -0.461 e. The Hall–Kier alpha value is -1.14. The van der Waals surface area contributed by atoms with Crippen molar-refractivity contribution in [3.05, 3.63) is 0 Å². The number of amides is 1. The van der Waals surface area contributed by atoms with E-state index in [0.717, 1.165) is 12.8 Å². The third kappa shape index (κ3) is 8.34. The number of hydrogen-bond donors (Lipinski definition) is 2. The molecule has 0 saturated carbocycles. The molecule has 0 aromatic rings. The molecule has 0 aliphatic carbocycles. The van der Waals surface area contributed by atoms with Gasteiger partial charge in [-0.3, -0.25) is 4.79 Å². The fourth-order valence-corrected chi connectivity index (χ4v) is 2.32. The fraction of sp³-hybridized carbons (Fsp3) is 0.875. The smallest absolute Gasteiger partial charge is 0.328 e. The lowest BCUT2D eigenvalue weighted by Gasteiger charge is -2.14. The Bertz CT molecular complexity index is 334. The zero-order chi connectivity index (χ0) is 16.2. The number of carbonyl (C=O) groups excluding carboxylic acids is 2. The van der Waals surface area contributed by atoms with Crippen molar-refractivity contribution >= 4 is 11.9 Å². The van der Waals surface area contributed by atoms with Gasteiger partial charge in [-0.1, -0.05) is 39.0 Å². The molecule has 1 aliphatic rings. The number of hydrogen-bond acceptors (Lipinski definition) is 5. The average molecular weight is 315 g/mol. The van der Waals surface area contributed by atoms with Crippen molar-refractivity contribution in [2.75, 3.05) is 19.8 Å². The van der Waals surface area contributed by atoms with Gasteiger partial charge in [0.1, 0.15) is 18.8 Å². The van der Waals surface area contributed by atoms with Gasteiger partial charge in [-0.05, 0) is 12.8 Å². The Labute approximate surface area is 132 Å². The average Bonchev–Trinajstić information content (AvgIpc) is 2.94. The quantitative estimate of drug-likeness (QED) is 0.421. The van der Waals surface area contributed by atoms with E-state index in [4.69, 9.17) is 9.47 Å². The molecule has 0 spiro atoms. The highest BCUT2D eigenvalue weighted by Crippen LogP contribution is 2.08. The van der Waals surface area contributed by atoms with E-state index in [1.54, 1.807) is 0 Å². The molecule has 1 rings (SSSR count). The Kier molecular flexibility index (Phi) is 9.82. The molecule has 0 bridgehead atoms. The number of ether oxygens (including phenoxy) is 2. The molecule has 2 N–H and O–H groups in total. The monoisotopic (exact) mass is 315 g/mol. The summed E-state index contributed by atoms with van der Waals surface area (Å²) in [7, 11) is 0. The Balaban J connectivity index is 1.94. The largest absolute Gasteiger partial charge is 0.461 e. The molecule has 6 heteroatoms. The first-order valence-corrected chi connectivity index (χ1v) is 8.35. The topological polar surface area (TPSA) is 84.9 Å². The van der Waals surface area contributed by atoms with Gasteiger partial charge in [-0.25, -0.2) is 4.79 Å². The van der Waals surface area contributed by atoms with Crippen LogP contribution in [0.5, 0.6) is 0 Å². The van der Waals surface area contributed by atoms with Gasteiger partial charge in [0, 0.05) is 13.0 Å². The number of esters is 1. The number of carbonyl (C=O) groups is 2. The van der Waals surface area contributed by atoms with Crippen LogP contribution < -0.4 is 5.32 Å². The van der Waals surface area contributed by atoms with Crippen LogP contribution in [0.25, 0.3) is 0 Å². The summed E-state index contributed by atoms with van der Waals surface area (Å²) in [5.41, 5.74) is 0. The van der Waals surface area contributed by atoms with Crippen LogP contribution in [0.15, 0.2) is 0 Å². The van der Waals surface area contributed by atoms with Crippen LogP contribution in [0, 0.1) is 0 Å². The summed E-state index contributed by atoms with van der Waals surface area (Å²) in [5, 5.41) is 12.2. The summed E-state index contributed by atoms with van der Waals surface area (Å²) < 4.78 is 10.3. The molecule has 1 aliphatic heterocycles. The maximum absolute atomic E-state index is 11.6. The highest BCUT2D eigenvalue weighted by Gasteiger charge is 2.28. The number of nitrogens with one attached hydrogen (secondary N) is 1. The van der Waals surface area contributed by atoms with Crippen LogP contribution in [-0.4, -0.2) is 48.9 Å². The molecule has 1 saturated heterocycles. The van der Waals surface area contributed by atoms with Crippen molar-refractivity contribution in [1.82, 2.24) is 5.32 Å². The molecule has 1 heterocycles. The molecule has 0 aromatic heterocycles. The third-order valence-electron chi connectivity index (χ3n) is 3.65. The van der Waals surface area contributed by atoms with Gasteiger partial charge in [0.2, 0.25) is 5.91 Å². The van der Waals surface area contributed by atoms with Crippen molar-refractivity contribution in [2.45, 2.75) is 70.4 Å². The Morgan fingerprint density at radius 2 is 2.00 bits per heavy atom. The highest BCUT2D eigenvalue weighted by molar-refractivity contribution is 5.88. The summed E-state index contributed by atoms with van der Waals surface area (Å²) >= 11 is 0. The summed E-state index contributed by atoms with van der Waals surface area (Å²) in [4.78, 5) is 22.6. The van der Waals surface area contributed by atoms with E-state index in [0.29, 0.717) is 19.4 Å². The van der Waals surface area contributed by atoms with Gasteiger partial charge in [0.05, 0.1) is 6.61 Å². The Morgan fingerprint density at radius 3 is 2.68 bits per heavy atom. The maximum atomic E-state index is 11.6. The third-order valence-corrected chi connectivity index (χ3v) is 3.65. The summed E-state index contributed by atoms with van der Waals surface area (Å²) in [5.74, 6) is -0.620. The van der Waals surface area contributed by atoms with Crippen molar-refractivity contribution in [2.24, 2.45) is 0 Å². The minimum absolute atomic E-state index is 0.0955. The molecule has 22 heavy (non-hydrogen) atoms. The van der Waals surface area contributed by atoms with Gasteiger partial charge in [0.25, 0.3) is 0 Å². The standard InChI is InChI=1S/C16H29NO5/c1-2-3-4-5-6-7-10-21-11-13(18)12-22-16(20)14-8-9-15(19)17-14/h13-14,18H,2-12H2,1H3,(H,17,19)/t13?,14-/m0/s1. The predicted molar refractivity (Wildman–Crippen MR) is 82.3 cm³/mol. The first kappa shape index (κ1) is 18.9. The van der Waals surface area contributed by atoms with Gasteiger partial charge >= 0.3 is 5.97 Å². The second kappa shape index (κ2) is 11.4. The molecular weight excluding hydrogens is 286 g/mol. The van der Waals surface area contributed by atoms with Crippen molar-refractivity contribution in [3.8, 4) is 0 Å². The molecule has 0 radical (unpaired) electrons. The second-order valence-corrected chi connectivity index (χ2v) is 5.79. The minimum atomic E-state index is -0.818. The maximum Gasteiger partial charge on any atom is 0.328 e. The van der Waals surface area contributed by atoms with E-state index in [-0.39, 0.29) is 19.1 Å². The zero-order valence-electron chi connectivity index (χ0n) is 13.5. The normalized spacial score (nSPS) is 19.0. The van der Waals surface area contributed by atoms with E-state index in [2.05, 4.69) is 12.2 Å². The van der Waals surface area contributed by atoms with E-state index >= 15 is 0 Å². The molecule has 2 atom stereocenters. The van der Waals surface area contributed by atoms with Crippen LogP contribution in [-0.2, 0) is 19.1 Å². The summed E-state index contributed by atoms with van der Waals surface area (Å²) in [6.07, 6.45) is 7.15. The van der Waals surface area contributed by atoms with Gasteiger partial charge in [-0.15, -0.1) is 0 Å². The van der Waals surface area contributed by atoms with Crippen molar-refractivity contribution in [1.29, 1.82) is 0 Å². The molecule has 128 valence electrons. The van der Waals surface area contributed by atoms with Crippen molar-refractivity contribution < 1.29 is 24.2 Å². The zero-order valence-corrected chi connectivity index (χ0v) is 13.5. The lowest BCUT2D eigenvalue weighted by Crippen LogP contribution is -2.36. The molecule has 1 unspecified atom stereocenters. The second-order valence-electron chi connectivity index (χ2n) is 5.79. The summed E-state index contributed by atoms with van der Waals surface area (Å²) in [6, 6.07) is -0.566. The lowest BCUT2D eigenvalue weighted by atomic mass is 10.1. The first-order chi connectivity index (χ1) is 10.6. The summed E-state index contributed by atoms with van der Waals surface area (Å²) in [6.45, 7) is 2.88. The van der Waals surface area contributed by atoms with Gasteiger partial charge < -0.3 is 19.9 Å². The molecule has 1 fully saturated rings. The lowest BCUT2D eigenvalue weighted by molar-refractivity contribution is -0.150. The SMILES string of the molecule is CCCCCCCCOCC(O)COC(=O)[C@@H]1CCC(=O)N1.